The van der Waals surface area contributed by atoms with Crippen molar-refractivity contribution in [2.75, 3.05) is 13.1 Å². The van der Waals surface area contributed by atoms with Crippen molar-refractivity contribution in [2.45, 2.75) is 51.1 Å². The molecule has 1 amide bonds. The molecule has 21 heavy (non-hydrogen) atoms. The average Bonchev–Trinajstić information content (AvgIpc) is 2.76. The zero-order valence-electron chi connectivity index (χ0n) is 12.7. The van der Waals surface area contributed by atoms with Gasteiger partial charge in [0.2, 0.25) is 5.91 Å². The van der Waals surface area contributed by atoms with E-state index in [1.54, 1.807) is 0 Å². The first kappa shape index (κ1) is 16.3. The van der Waals surface area contributed by atoms with Gasteiger partial charge in [-0.15, -0.1) is 12.4 Å². The number of nitrogens with one attached hydrogen (secondary N) is 1. The lowest BCUT2D eigenvalue weighted by Gasteiger charge is -2.24. The zero-order chi connectivity index (χ0) is 13.9. The highest BCUT2D eigenvalue weighted by Gasteiger charge is 2.30. The molecular weight excluding hydrogens is 284 g/mol. The van der Waals surface area contributed by atoms with Crippen LogP contribution in [0.3, 0.4) is 0 Å². The molecule has 2 aliphatic heterocycles. The van der Waals surface area contributed by atoms with Crippen LogP contribution in [0.5, 0.6) is 0 Å². The summed E-state index contributed by atoms with van der Waals surface area (Å²) in [6, 6.07) is 9.65. The number of likely N-dealkylation sites (tertiary alicyclic amines) is 1. The number of fused-ring (bicyclic) bond motifs is 2. The molecule has 0 radical (unpaired) electrons. The molecule has 0 saturated carbocycles. The van der Waals surface area contributed by atoms with Crippen molar-refractivity contribution in [2.24, 2.45) is 0 Å². The summed E-state index contributed by atoms with van der Waals surface area (Å²) < 4.78 is 0. The van der Waals surface area contributed by atoms with Gasteiger partial charge >= 0.3 is 0 Å². The van der Waals surface area contributed by atoms with Gasteiger partial charge in [0, 0.05) is 31.6 Å². The molecule has 2 unspecified atom stereocenters. The second-order valence-electron chi connectivity index (χ2n) is 6.26. The molecule has 1 aromatic carbocycles. The topological polar surface area (TPSA) is 32.3 Å². The van der Waals surface area contributed by atoms with E-state index in [9.17, 15) is 4.79 Å². The monoisotopic (exact) mass is 308 g/mol. The third-order valence-corrected chi connectivity index (χ3v) is 4.59. The smallest absolute Gasteiger partial charge is 0.222 e. The summed E-state index contributed by atoms with van der Waals surface area (Å²) in [7, 11) is 0. The molecule has 2 atom stereocenters. The number of carbonyl (C=O) groups excluding carboxylic acids is 1. The molecule has 1 aromatic rings. The molecule has 2 fully saturated rings. The van der Waals surface area contributed by atoms with Gasteiger partial charge in [0.25, 0.3) is 0 Å². The van der Waals surface area contributed by atoms with E-state index in [1.165, 1.54) is 24.0 Å². The van der Waals surface area contributed by atoms with Crippen molar-refractivity contribution in [1.82, 2.24) is 10.2 Å². The van der Waals surface area contributed by atoms with Gasteiger partial charge in [0.15, 0.2) is 0 Å². The number of rotatable bonds is 3. The minimum absolute atomic E-state index is 0. The van der Waals surface area contributed by atoms with Crippen LogP contribution >= 0.6 is 12.4 Å². The molecule has 2 saturated heterocycles. The van der Waals surface area contributed by atoms with Gasteiger partial charge in [0.1, 0.15) is 0 Å². The molecule has 0 spiro atoms. The molecule has 3 nitrogen and oxygen atoms in total. The van der Waals surface area contributed by atoms with Crippen molar-refractivity contribution in [3.63, 3.8) is 0 Å². The van der Waals surface area contributed by atoms with E-state index in [0.717, 1.165) is 25.9 Å². The number of benzene rings is 1. The Morgan fingerprint density at radius 3 is 2.90 bits per heavy atom. The number of aryl methyl sites for hydroxylation is 2. The Morgan fingerprint density at radius 2 is 2.10 bits per heavy atom. The second-order valence-corrected chi connectivity index (χ2v) is 6.26. The van der Waals surface area contributed by atoms with E-state index in [0.29, 0.717) is 24.4 Å². The van der Waals surface area contributed by atoms with Crippen molar-refractivity contribution >= 4 is 18.3 Å². The highest BCUT2D eigenvalue weighted by Crippen LogP contribution is 2.21. The Labute approximate surface area is 133 Å². The summed E-state index contributed by atoms with van der Waals surface area (Å²) >= 11 is 0. The van der Waals surface area contributed by atoms with E-state index in [4.69, 9.17) is 0 Å². The quantitative estimate of drug-likeness (QED) is 0.931. The first-order valence-corrected chi connectivity index (χ1v) is 7.80. The van der Waals surface area contributed by atoms with Gasteiger partial charge < -0.3 is 10.2 Å². The minimum Gasteiger partial charge on any atom is -0.341 e. The third-order valence-electron chi connectivity index (χ3n) is 4.59. The van der Waals surface area contributed by atoms with Crippen LogP contribution in [0.2, 0.25) is 0 Å². The fraction of sp³-hybridized carbons (Fsp3) is 0.588. The number of hydrogen-bond acceptors (Lipinski definition) is 2. The molecule has 1 N–H and O–H groups in total. The molecule has 3 rings (SSSR count). The summed E-state index contributed by atoms with van der Waals surface area (Å²) in [6.07, 6.45) is 5.13. The molecule has 0 aromatic heterocycles. The SMILES string of the molecule is Cc1cccc(CCC(=O)N2CCC3CCC(C2)N3)c1.Cl. The summed E-state index contributed by atoms with van der Waals surface area (Å²) in [5, 5.41) is 3.63. The van der Waals surface area contributed by atoms with Crippen molar-refractivity contribution in [3.8, 4) is 0 Å². The molecule has 4 heteroatoms. The molecule has 116 valence electrons. The van der Waals surface area contributed by atoms with Crippen molar-refractivity contribution < 1.29 is 4.79 Å². The lowest BCUT2D eigenvalue weighted by Crippen LogP contribution is -2.39. The first-order chi connectivity index (χ1) is 9.70. The third kappa shape index (κ3) is 4.21. The van der Waals surface area contributed by atoms with Gasteiger partial charge in [-0.1, -0.05) is 29.8 Å². The van der Waals surface area contributed by atoms with Crippen LogP contribution in [0.4, 0.5) is 0 Å². The number of halogens is 1. The van der Waals surface area contributed by atoms with Gasteiger partial charge in [-0.3, -0.25) is 4.79 Å². The molecule has 2 bridgehead atoms. The van der Waals surface area contributed by atoms with E-state index >= 15 is 0 Å². The first-order valence-electron chi connectivity index (χ1n) is 7.80. The Bertz CT molecular complexity index is 491. The van der Waals surface area contributed by atoms with Crippen LogP contribution in [-0.4, -0.2) is 36.0 Å². The summed E-state index contributed by atoms with van der Waals surface area (Å²) in [6.45, 7) is 3.94. The lowest BCUT2D eigenvalue weighted by molar-refractivity contribution is -0.131. The van der Waals surface area contributed by atoms with E-state index in [1.807, 2.05) is 0 Å². The van der Waals surface area contributed by atoms with E-state index < -0.39 is 0 Å². The zero-order valence-corrected chi connectivity index (χ0v) is 13.5. The van der Waals surface area contributed by atoms with Crippen LogP contribution in [0.15, 0.2) is 24.3 Å². The molecule has 2 heterocycles. The van der Waals surface area contributed by atoms with Crippen LogP contribution in [0.1, 0.15) is 36.8 Å². The predicted molar refractivity (Wildman–Crippen MR) is 87.9 cm³/mol. The number of amides is 1. The second kappa shape index (κ2) is 7.28. The van der Waals surface area contributed by atoms with Crippen LogP contribution in [0, 0.1) is 6.92 Å². The van der Waals surface area contributed by atoms with Gasteiger partial charge in [-0.05, 0) is 38.2 Å². The minimum atomic E-state index is 0. The van der Waals surface area contributed by atoms with Gasteiger partial charge in [-0.2, -0.15) is 0 Å². The molecule has 2 aliphatic rings. The Morgan fingerprint density at radius 1 is 1.29 bits per heavy atom. The molecular formula is C17H25ClN2O. The Hall–Kier alpha value is -1.06. The lowest BCUT2D eigenvalue weighted by atomic mass is 10.1. The van der Waals surface area contributed by atoms with Crippen LogP contribution in [-0.2, 0) is 11.2 Å². The van der Waals surface area contributed by atoms with Crippen LogP contribution < -0.4 is 5.32 Å². The number of hydrogen-bond donors (Lipinski definition) is 1. The largest absolute Gasteiger partial charge is 0.341 e. The normalized spacial score (nSPS) is 24.3. The maximum Gasteiger partial charge on any atom is 0.222 e. The van der Waals surface area contributed by atoms with Crippen LogP contribution in [0.25, 0.3) is 0 Å². The molecule has 0 aliphatic carbocycles. The van der Waals surface area contributed by atoms with Crippen molar-refractivity contribution in [3.05, 3.63) is 35.4 Å². The van der Waals surface area contributed by atoms with Crippen molar-refractivity contribution in [1.29, 1.82) is 0 Å². The average molecular weight is 309 g/mol. The highest BCUT2D eigenvalue weighted by atomic mass is 35.5. The number of nitrogens with zero attached hydrogens (tertiary/aromatic N) is 1. The summed E-state index contributed by atoms with van der Waals surface area (Å²) in [4.78, 5) is 14.5. The van der Waals surface area contributed by atoms with E-state index in [-0.39, 0.29) is 12.4 Å². The van der Waals surface area contributed by atoms with Gasteiger partial charge in [-0.25, -0.2) is 0 Å². The standard InChI is InChI=1S/C17H24N2O.ClH/c1-13-3-2-4-14(11-13)5-8-17(20)19-10-9-15-6-7-16(12-19)18-15;/h2-4,11,15-16,18H,5-10,12H2,1H3;1H. The highest BCUT2D eigenvalue weighted by molar-refractivity contribution is 5.85. The number of carbonyl (C=O) groups is 1. The summed E-state index contributed by atoms with van der Waals surface area (Å²) in [5.74, 6) is 0.320. The Kier molecular flexibility index (Phi) is 5.65. The maximum atomic E-state index is 12.4. The predicted octanol–water partition coefficient (Wildman–Crippen LogP) is 2.70. The maximum absolute atomic E-state index is 12.4. The summed E-state index contributed by atoms with van der Waals surface area (Å²) in [5.41, 5.74) is 2.54. The van der Waals surface area contributed by atoms with Gasteiger partial charge in [0.05, 0.1) is 0 Å². The van der Waals surface area contributed by atoms with E-state index in [2.05, 4.69) is 41.4 Å². The fourth-order valence-electron chi connectivity index (χ4n) is 3.45. The fourth-order valence-corrected chi connectivity index (χ4v) is 3.45. The Balaban J connectivity index is 0.00000161.